The SMILES string of the molecule is COc1ccccc1Oc1cccc(-c2ccnc(-c3ncccn3)n2)c1OCCO. The van der Waals surface area contributed by atoms with Crippen LogP contribution in [0.2, 0.25) is 0 Å². The van der Waals surface area contributed by atoms with E-state index in [0.29, 0.717) is 45.9 Å². The monoisotopic (exact) mass is 416 g/mol. The smallest absolute Gasteiger partial charge is 0.198 e. The van der Waals surface area contributed by atoms with E-state index >= 15 is 0 Å². The number of aliphatic hydroxyl groups is 1. The summed E-state index contributed by atoms with van der Waals surface area (Å²) in [6, 6.07) is 16.3. The molecule has 0 amide bonds. The van der Waals surface area contributed by atoms with Crippen LogP contribution in [0.3, 0.4) is 0 Å². The Morgan fingerprint density at radius 3 is 2.29 bits per heavy atom. The lowest BCUT2D eigenvalue weighted by Crippen LogP contribution is -2.05. The van der Waals surface area contributed by atoms with Gasteiger partial charge in [0.05, 0.1) is 19.4 Å². The maximum absolute atomic E-state index is 9.32. The number of hydrogen-bond acceptors (Lipinski definition) is 8. The third kappa shape index (κ3) is 4.59. The molecule has 2 aromatic heterocycles. The normalized spacial score (nSPS) is 10.5. The van der Waals surface area contributed by atoms with Gasteiger partial charge < -0.3 is 19.3 Å². The molecule has 156 valence electrons. The molecular weight excluding hydrogens is 396 g/mol. The summed E-state index contributed by atoms with van der Waals surface area (Å²) in [6.45, 7) is -0.0473. The first-order valence-electron chi connectivity index (χ1n) is 9.58. The van der Waals surface area contributed by atoms with Gasteiger partial charge in [-0.25, -0.2) is 19.9 Å². The summed E-state index contributed by atoms with van der Waals surface area (Å²) in [5.41, 5.74) is 1.29. The Morgan fingerprint density at radius 2 is 1.52 bits per heavy atom. The Morgan fingerprint density at radius 1 is 0.774 bits per heavy atom. The molecule has 1 N–H and O–H groups in total. The molecule has 0 unspecified atom stereocenters. The Balaban J connectivity index is 1.77. The molecule has 8 nitrogen and oxygen atoms in total. The number of nitrogens with zero attached hydrogens (tertiary/aromatic N) is 4. The van der Waals surface area contributed by atoms with Crippen molar-refractivity contribution in [1.29, 1.82) is 0 Å². The first-order chi connectivity index (χ1) is 15.3. The van der Waals surface area contributed by atoms with Gasteiger partial charge in [-0.15, -0.1) is 0 Å². The molecule has 0 fully saturated rings. The van der Waals surface area contributed by atoms with Crippen molar-refractivity contribution in [3.8, 4) is 45.9 Å². The van der Waals surface area contributed by atoms with Gasteiger partial charge in [0.15, 0.2) is 34.6 Å². The maximum atomic E-state index is 9.32. The standard InChI is InChI=1S/C23H20N4O4/c1-29-18-7-2-3-8-19(18)31-20-9-4-6-16(21(20)30-15-14-28)17-10-13-26-23(27-17)22-24-11-5-12-25-22/h2-13,28H,14-15H2,1H3. The van der Waals surface area contributed by atoms with E-state index in [-0.39, 0.29) is 13.2 Å². The zero-order valence-electron chi connectivity index (χ0n) is 16.8. The van der Waals surface area contributed by atoms with Crippen LogP contribution in [0, 0.1) is 0 Å². The Labute approximate surface area is 179 Å². The highest BCUT2D eigenvalue weighted by atomic mass is 16.5. The minimum Gasteiger partial charge on any atom is -0.493 e. The summed E-state index contributed by atoms with van der Waals surface area (Å²) >= 11 is 0. The van der Waals surface area contributed by atoms with Crippen molar-refractivity contribution in [3.63, 3.8) is 0 Å². The van der Waals surface area contributed by atoms with Crippen LogP contribution in [-0.2, 0) is 0 Å². The zero-order valence-corrected chi connectivity index (χ0v) is 16.8. The summed E-state index contributed by atoms with van der Waals surface area (Å²) in [5, 5.41) is 9.32. The van der Waals surface area contributed by atoms with Gasteiger partial charge in [-0.2, -0.15) is 0 Å². The van der Waals surface area contributed by atoms with Gasteiger partial charge in [-0.05, 0) is 36.4 Å². The second kappa shape index (κ2) is 9.64. The molecule has 0 bridgehead atoms. The summed E-state index contributed by atoms with van der Waals surface area (Å²) < 4.78 is 17.3. The summed E-state index contributed by atoms with van der Waals surface area (Å²) in [5.74, 6) is 2.85. The van der Waals surface area contributed by atoms with Crippen LogP contribution < -0.4 is 14.2 Å². The van der Waals surface area contributed by atoms with Gasteiger partial charge in [0.1, 0.15) is 6.61 Å². The van der Waals surface area contributed by atoms with E-state index in [2.05, 4.69) is 19.9 Å². The van der Waals surface area contributed by atoms with Crippen LogP contribution in [0.25, 0.3) is 22.9 Å². The molecule has 0 radical (unpaired) electrons. The average Bonchev–Trinajstić information content (AvgIpc) is 2.84. The van der Waals surface area contributed by atoms with Crippen molar-refractivity contribution in [3.05, 3.63) is 73.2 Å². The van der Waals surface area contributed by atoms with E-state index in [9.17, 15) is 5.11 Å². The van der Waals surface area contributed by atoms with E-state index in [4.69, 9.17) is 14.2 Å². The largest absolute Gasteiger partial charge is 0.493 e. The van der Waals surface area contributed by atoms with E-state index in [1.165, 1.54) is 0 Å². The summed E-state index contributed by atoms with van der Waals surface area (Å²) in [7, 11) is 1.58. The third-order valence-corrected chi connectivity index (χ3v) is 4.30. The van der Waals surface area contributed by atoms with Crippen molar-refractivity contribution in [2.75, 3.05) is 20.3 Å². The number of hydrogen-bond donors (Lipinski definition) is 1. The van der Waals surface area contributed by atoms with E-state index in [1.807, 2.05) is 30.3 Å². The lowest BCUT2D eigenvalue weighted by atomic mass is 10.1. The predicted octanol–water partition coefficient (Wildman–Crippen LogP) is 3.77. The number of benzene rings is 2. The highest BCUT2D eigenvalue weighted by molar-refractivity contribution is 5.72. The molecule has 0 aliphatic heterocycles. The highest BCUT2D eigenvalue weighted by Gasteiger charge is 2.17. The molecule has 0 aliphatic rings. The fourth-order valence-electron chi connectivity index (χ4n) is 2.95. The van der Waals surface area contributed by atoms with Gasteiger partial charge >= 0.3 is 0 Å². The van der Waals surface area contributed by atoms with Gasteiger partial charge in [-0.3, -0.25) is 0 Å². The molecular formula is C23H20N4O4. The topological polar surface area (TPSA) is 99.5 Å². The molecule has 31 heavy (non-hydrogen) atoms. The predicted molar refractivity (Wildman–Crippen MR) is 114 cm³/mol. The fraction of sp³-hybridized carbons (Fsp3) is 0.130. The molecule has 2 heterocycles. The minimum absolute atomic E-state index is 0.0963. The van der Waals surface area contributed by atoms with E-state index < -0.39 is 0 Å². The Hall–Kier alpha value is -4.04. The van der Waals surface area contributed by atoms with Crippen molar-refractivity contribution in [2.45, 2.75) is 0 Å². The average molecular weight is 416 g/mol. The lowest BCUT2D eigenvalue weighted by Gasteiger charge is -2.17. The molecule has 4 rings (SSSR count). The van der Waals surface area contributed by atoms with Crippen molar-refractivity contribution in [2.24, 2.45) is 0 Å². The van der Waals surface area contributed by atoms with Crippen LogP contribution in [0.4, 0.5) is 0 Å². The quantitative estimate of drug-likeness (QED) is 0.463. The molecule has 4 aromatic rings. The van der Waals surface area contributed by atoms with Gasteiger partial charge in [0, 0.05) is 24.2 Å². The molecule has 2 aromatic carbocycles. The lowest BCUT2D eigenvalue weighted by molar-refractivity contribution is 0.198. The zero-order chi connectivity index (χ0) is 21.5. The molecule has 0 saturated heterocycles. The third-order valence-electron chi connectivity index (χ3n) is 4.30. The van der Waals surface area contributed by atoms with Crippen LogP contribution >= 0.6 is 0 Å². The highest BCUT2D eigenvalue weighted by Crippen LogP contribution is 2.41. The first kappa shape index (κ1) is 20.2. The molecule has 0 saturated carbocycles. The van der Waals surface area contributed by atoms with Gasteiger partial charge in [-0.1, -0.05) is 18.2 Å². The molecule has 8 heteroatoms. The summed E-state index contributed by atoms with van der Waals surface area (Å²) in [4.78, 5) is 17.3. The second-order valence-electron chi connectivity index (χ2n) is 6.30. The van der Waals surface area contributed by atoms with Gasteiger partial charge in [0.2, 0.25) is 0 Å². The van der Waals surface area contributed by atoms with Crippen LogP contribution in [0.1, 0.15) is 0 Å². The van der Waals surface area contributed by atoms with Crippen molar-refractivity contribution >= 4 is 0 Å². The van der Waals surface area contributed by atoms with E-state index in [0.717, 1.165) is 0 Å². The fourth-order valence-corrected chi connectivity index (χ4v) is 2.95. The van der Waals surface area contributed by atoms with Crippen molar-refractivity contribution < 1.29 is 19.3 Å². The number of methoxy groups -OCH3 is 1. The number of aliphatic hydroxyl groups excluding tert-OH is 1. The first-order valence-corrected chi connectivity index (χ1v) is 9.58. The van der Waals surface area contributed by atoms with Crippen LogP contribution in [-0.4, -0.2) is 45.4 Å². The van der Waals surface area contributed by atoms with Crippen molar-refractivity contribution in [1.82, 2.24) is 19.9 Å². The number of ether oxygens (including phenoxy) is 3. The van der Waals surface area contributed by atoms with Crippen LogP contribution in [0.15, 0.2) is 73.2 Å². The Kier molecular flexibility index (Phi) is 6.29. The molecule has 0 spiro atoms. The number of aromatic nitrogens is 4. The maximum Gasteiger partial charge on any atom is 0.198 e. The van der Waals surface area contributed by atoms with Gasteiger partial charge in [0.25, 0.3) is 0 Å². The number of rotatable bonds is 8. The Bertz CT molecular complexity index is 1160. The van der Waals surface area contributed by atoms with Crippen LogP contribution in [0.5, 0.6) is 23.0 Å². The molecule has 0 aliphatic carbocycles. The second-order valence-corrected chi connectivity index (χ2v) is 6.30. The molecule has 0 atom stereocenters. The summed E-state index contributed by atoms with van der Waals surface area (Å²) in [6.07, 6.45) is 4.91. The van der Waals surface area contributed by atoms with E-state index in [1.54, 1.807) is 50.0 Å². The minimum atomic E-state index is -0.144. The number of para-hydroxylation sites is 3.